The van der Waals surface area contributed by atoms with Gasteiger partial charge < -0.3 is 4.90 Å². The van der Waals surface area contributed by atoms with Gasteiger partial charge in [0.25, 0.3) is 0 Å². The van der Waals surface area contributed by atoms with Crippen molar-refractivity contribution >= 4 is 17.2 Å². The smallest absolute Gasteiger partial charge is 0.223 e. The standard InChI is InChI=1S/C20H24N2OS/c1-15-9-11-24-19(15)6-7-20(23)22-13-18(14-22)21-10-8-16-4-2-3-5-17(16)12-21/h2-5,9,11,18H,6-8,10,12-14H2,1H3. The van der Waals surface area contributed by atoms with Crippen LogP contribution in [0.25, 0.3) is 0 Å². The number of rotatable bonds is 4. The predicted octanol–water partition coefficient (Wildman–Crippen LogP) is 3.26. The molecule has 2 aliphatic rings. The van der Waals surface area contributed by atoms with Crippen LogP contribution in [-0.4, -0.2) is 41.4 Å². The monoisotopic (exact) mass is 340 g/mol. The van der Waals surface area contributed by atoms with Crippen LogP contribution in [-0.2, 0) is 24.2 Å². The van der Waals surface area contributed by atoms with Crippen molar-refractivity contribution in [3.8, 4) is 0 Å². The van der Waals surface area contributed by atoms with Gasteiger partial charge in [0.2, 0.25) is 5.91 Å². The molecule has 1 aromatic heterocycles. The Morgan fingerprint density at radius 2 is 2.00 bits per heavy atom. The molecule has 0 aliphatic carbocycles. The minimum Gasteiger partial charge on any atom is -0.339 e. The van der Waals surface area contributed by atoms with E-state index in [2.05, 4.69) is 47.5 Å². The predicted molar refractivity (Wildman–Crippen MR) is 98.3 cm³/mol. The molecule has 4 heteroatoms. The van der Waals surface area contributed by atoms with E-state index >= 15 is 0 Å². The van der Waals surface area contributed by atoms with Gasteiger partial charge in [-0.1, -0.05) is 24.3 Å². The van der Waals surface area contributed by atoms with Crippen molar-refractivity contribution < 1.29 is 4.79 Å². The number of nitrogens with zero attached hydrogens (tertiary/aromatic N) is 2. The maximum absolute atomic E-state index is 12.4. The number of thiophene rings is 1. The molecule has 3 nitrogen and oxygen atoms in total. The quantitative estimate of drug-likeness (QED) is 0.853. The van der Waals surface area contributed by atoms with Gasteiger partial charge in [0, 0.05) is 43.5 Å². The SMILES string of the molecule is Cc1ccsc1CCC(=O)N1CC(N2CCc3ccccc3C2)C1. The summed E-state index contributed by atoms with van der Waals surface area (Å²) in [6.45, 7) is 6.11. The molecule has 0 unspecified atom stereocenters. The van der Waals surface area contributed by atoms with Crippen LogP contribution < -0.4 is 0 Å². The van der Waals surface area contributed by atoms with Gasteiger partial charge in [-0.3, -0.25) is 9.69 Å². The van der Waals surface area contributed by atoms with Crippen molar-refractivity contribution in [1.29, 1.82) is 0 Å². The fraction of sp³-hybridized carbons (Fsp3) is 0.450. The Labute approximate surface area is 147 Å². The lowest BCUT2D eigenvalue weighted by Gasteiger charge is -2.47. The van der Waals surface area contributed by atoms with Gasteiger partial charge in [-0.2, -0.15) is 0 Å². The van der Waals surface area contributed by atoms with Crippen molar-refractivity contribution in [2.24, 2.45) is 0 Å². The number of fused-ring (bicyclic) bond motifs is 1. The molecule has 0 atom stereocenters. The molecule has 2 aromatic rings. The summed E-state index contributed by atoms with van der Waals surface area (Å²) >= 11 is 1.77. The molecular formula is C20H24N2OS. The summed E-state index contributed by atoms with van der Waals surface area (Å²) in [5.74, 6) is 0.316. The molecule has 3 heterocycles. The molecule has 126 valence electrons. The third-order valence-electron chi connectivity index (χ3n) is 5.43. The summed E-state index contributed by atoms with van der Waals surface area (Å²) in [6, 6.07) is 11.4. The van der Waals surface area contributed by atoms with Crippen LogP contribution in [0.5, 0.6) is 0 Å². The van der Waals surface area contributed by atoms with E-state index in [0.29, 0.717) is 18.4 Å². The molecule has 0 spiro atoms. The van der Waals surface area contributed by atoms with E-state index in [1.807, 2.05) is 4.90 Å². The van der Waals surface area contributed by atoms with Gasteiger partial charge in [0.05, 0.1) is 0 Å². The topological polar surface area (TPSA) is 23.6 Å². The highest BCUT2D eigenvalue weighted by molar-refractivity contribution is 7.10. The molecule has 1 aromatic carbocycles. The minimum atomic E-state index is 0.316. The fourth-order valence-electron chi connectivity index (χ4n) is 3.76. The van der Waals surface area contributed by atoms with E-state index in [1.165, 1.54) is 21.6 Å². The summed E-state index contributed by atoms with van der Waals surface area (Å²) in [5.41, 5.74) is 4.27. The number of benzene rings is 1. The van der Waals surface area contributed by atoms with Crippen molar-refractivity contribution in [2.45, 2.75) is 38.8 Å². The highest BCUT2D eigenvalue weighted by Gasteiger charge is 2.35. The lowest BCUT2D eigenvalue weighted by molar-refractivity contribution is -0.138. The molecule has 2 aliphatic heterocycles. The molecule has 0 N–H and O–H groups in total. The van der Waals surface area contributed by atoms with Gasteiger partial charge in [0.1, 0.15) is 0 Å². The number of amides is 1. The highest BCUT2D eigenvalue weighted by Crippen LogP contribution is 2.25. The number of aryl methyl sites for hydroxylation is 2. The average Bonchev–Trinajstić information content (AvgIpc) is 2.96. The lowest BCUT2D eigenvalue weighted by atomic mass is 9.96. The van der Waals surface area contributed by atoms with Crippen molar-refractivity contribution in [2.75, 3.05) is 19.6 Å². The fourth-order valence-corrected chi connectivity index (χ4v) is 4.67. The average molecular weight is 340 g/mol. The van der Waals surface area contributed by atoms with Crippen LogP contribution in [0.15, 0.2) is 35.7 Å². The first kappa shape index (κ1) is 15.9. The van der Waals surface area contributed by atoms with Crippen molar-refractivity contribution in [1.82, 2.24) is 9.80 Å². The normalized spacial score (nSPS) is 18.3. The first-order valence-electron chi connectivity index (χ1n) is 8.82. The molecule has 1 saturated heterocycles. The van der Waals surface area contributed by atoms with E-state index in [9.17, 15) is 4.79 Å². The van der Waals surface area contributed by atoms with Gasteiger partial charge in [-0.15, -0.1) is 11.3 Å². The molecule has 0 bridgehead atoms. The summed E-state index contributed by atoms with van der Waals surface area (Å²) in [4.78, 5) is 18.3. The van der Waals surface area contributed by atoms with Crippen molar-refractivity contribution in [3.63, 3.8) is 0 Å². The zero-order chi connectivity index (χ0) is 16.5. The van der Waals surface area contributed by atoms with Gasteiger partial charge in [-0.25, -0.2) is 0 Å². The number of hydrogen-bond acceptors (Lipinski definition) is 3. The molecule has 1 fully saturated rings. The molecule has 4 rings (SSSR count). The van der Waals surface area contributed by atoms with Crippen molar-refractivity contribution in [3.05, 3.63) is 57.3 Å². The zero-order valence-corrected chi connectivity index (χ0v) is 15.0. The van der Waals surface area contributed by atoms with Crippen LogP contribution >= 0.6 is 11.3 Å². The maximum atomic E-state index is 12.4. The number of carbonyl (C=O) groups excluding carboxylic acids is 1. The minimum absolute atomic E-state index is 0.316. The number of likely N-dealkylation sites (tertiary alicyclic amines) is 1. The molecule has 24 heavy (non-hydrogen) atoms. The third kappa shape index (κ3) is 3.13. The molecule has 0 saturated carbocycles. The Balaban J connectivity index is 1.26. The zero-order valence-electron chi connectivity index (χ0n) is 14.2. The van der Waals surface area contributed by atoms with Gasteiger partial charge in [-0.05, 0) is 47.9 Å². The molecule has 0 radical (unpaired) electrons. The van der Waals surface area contributed by atoms with Crippen LogP contribution in [0.3, 0.4) is 0 Å². The Morgan fingerprint density at radius 3 is 2.75 bits per heavy atom. The number of carbonyl (C=O) groups is 1. The van der Waals surface area contributed by atoms with Crippen LogP contribution in [0.4, 0.5) is 0 Å². The summed E-state index contributed by atoms with van der Waals surface area (Å²) in [6.07, 6.45) is 2.68. The molecular weight excluding hydrogens is 316 g/mol. The maximum Gasteiger partial charge on any atom is 0.223 e. The third-order valence-corrected chi connectivity index (χ3v) is 6.51. The highest BCUT2D eigenvalue weighted by atomic mass is 32.1. The Hall–Kier alpha value is -1.65. The summed E-state index contributed by atoms with van der Waals surface area (Å²) in [5, 5.41) is 2.11. The van der Waals surface area contributed by atoms with E-state index in [1.54, 1.807) is 11.3 Å². The van der Waals surface area contributed by atoms with E-state index in [0.717, 1.165) is 39.0 Å². The molecule has 1 amide bonds. The van der Waals surface area contributed by atoms with E-state index in [4.69, 9.17) is 0 Å². The van der Waals surface area contributed by atoms with E-state index in [-0.39, 0.29) is 0 Å². The van der Waals surface area contributed by atoms with Crippen LogP contribution in [0, 0.1) is 6.92 Å². The number of hydrogen-bond donors (Lipinski definition) is 0. The summed E-state index contributed by atoms with van der Waals surface area (Å²) in [7, 11) is 0. The summed E-state index contributed by atoms with van der Waals surface area (Å²) < 4.78 is 0. The van der Waals surface area contributed by atoms with Gasteiger partial charge in [0.15, 0.2) is 0 Å². The largest absolute Gasteiger partial charge is 0.339 e. The Morgan fingerprint density at radius 1 is 1.21 bits per heavy atom. The van der Waals surface area contributed by atoms with E-state index < -0.39 is 0 Å². The second-order valence-corrected chi connectivity index (χ2v) is 7.97. The first-order chi connectivity index (χ1) is 11.7. The Kier molecular flexibility index (Phi) is 4.42. The van der Waals surface area contributed by atoms with Crippen LogP contribution in [0.1, 0.15) is 28.0 Å². The lowest BCUT2D eigenvalue weighted by Crippen LogP contribution is -2.61. The van der Waals surface area contributed by atoms with Gasteiger partial charge >= 0.3 is 0 Å². The second-order valence-electron chi connectivity index (χ2n) is 6.97. The van der Waals surface area contributed by atoms with Crippen LogP contribution in [0.2, 0.25) is 0 Å². The first-order valence-corrected chi connectivity index (χ1v) is 9.70. The Bertz CT molecular complexity index is 733. The second kappa shape index (κ2) is 6.69.